The van der Waals surface area contributed by atoms with Crippen molar-refractivity contribution < 1.29 is 19.4 Å². The van der Waals surface area contributed by atoms with Gasteiger partial charge in [-0.3, -0.25) is 4.79 Å². The Labute approximate surface area is 156 Å². The minimum Gasteiger partial charge on any atom is -0.497 e. The number of aldehydes is 1. The molecule has 0 heterocycles. The van der Waals surface area contributed by atoms with E-state index >= 15 is 0 Å². The minimum atomic E-state index is -0.603. The molecule has 5 heteroatoms. The summed E-state index contributed by atoms with van der Waals surface area (Å²) in [5.41, 5.74) is 1.63. The van der Waals surface area contributed by atoms with Crippen molar-refractivity contribution in [2.45, 2.75) is 26.6 Å². The SMILES string of the molecule is C#CCNC/C(C=O)=C/[C@@H](C)[C@H](O)[C@@H](C)COCc1ccc(OC)cc1. The van der Waals surface area contributed by atoms with Gasteiger partial charge in [0.05, 0.1) is 33.0 Å². The highest BCUT2D eigenvalue weighted by Gasteiger charge is 2.20. The summed E-state index contributed by atoms with van der Waals surface area (Å²) in [5.74, 6) is 3.04. The van der Waals surface area contributed by atoms with Gasteiger partial charge in [0.1, 0.15) is 12.0 Å². The average Bonchev–Trinajstić information content (AvgIpc) is 2.66. The van der Waals surface area contributed by atoms with E-state index in [1.54, 1.807) is 13.2 Å². The van der Waals surface area contributed by atoms with Crippen LogP contribution >= 0.6 is 0 Å². The van der Waals surface area contributed by atoms with Gasteiger partial charge in [-0.05, 0) is 17.7 Å². The summed E-state index contributed by atoms with van der Waals surface area (Å²) < 4.78 is 10.8. The number of rotatable bonds is 12. The number of methoxy groups -OCH3 is 1. The molecule has 0 saturated heterocycles. The van der Waals surface area contributed by atoms with Crippen LogP contribution in [0.3, 0.4) is 0 Å². The molecule has 26 heavy (non-hydrogen) atoms. The zero-order chi connectivity index (χ0) is 19.4. The average molecular weight is 359 g/mol. The molecule has 0 aliphatic rings. The molecule has 1 aromatic carbocycles. The molecule has 1 aromatic rings. The largest absolute Gasteiger partial charge is 0.497 e. The van der Waals surface area contributed by atoms with Gasteiger partial charge < -0.3 is 19.9 Å². The lowest BCUT2D eigenvalue weighted by atomic mass is 9.92. The molecule has 0 fully saturated rings. The highest BCUT2D eigenvalue weighted by molar-refractivity contribution is 5.73. The first-order chi connectivity index (χ1) is 12.5. The summed E-state index contributed by atoms with van der Waals surface area (Å²) in [6.07, 6.45) is 7.13. The molecule has 0 spiro atoms. The zero-order valence-electron chi connectivity index (χ0n) is 15.8. The quantitative estimate of drug-likeness (QED) is 0.259. The van der Waals surface area contributed by atoms with Crippen LogP contribution in [0.5, 0.6) is 5.75 Å². The lowest BCUT2D eigenvalue weighted by Gasteiger charge is -2.23. The predicted molar refractivity (Wildman–Crippen MR) is 103 cm³/mol. The number of aliphatic hydroxyl groups is 1. The molecule has 1 rings (SSSR count). The fraction of sp³-hybridized carbons (Fsp3) is 0.476. The van der Waals surface area contributed by atoms with E-state index in [0.29, 0.717) is 31.9 Å². The monoisotopic (exact) mass is 359 g/mol. The lowest BCUT2D eigenvalue weighted by molar-refractivity contribution is -0.105. The van der Waals surface area contributed by atoms with Crippen molar-refractivity contribution in [1.29, 1.82) is 0 Å². The topological polar surface area (TPSA) is 67.8 Å². The second kappa shape index (κ2) is 12.3. The standard InChI is InChI=1S/C21H29NO4/c1-5-10-22-12-19(13-23)11-16(2)21(24)17(3)14-26-15-18-6-8-20(25-4)9-7-18/h1,6-9,11,13,16-17,21-22,24H,10,12,14-15H2,2-4H3/b19-11-/t16-,17+,21+/m1/s1. The number of carbonyl (C=O) groups excluding carboxylic acids is 1. The van der Waals surface area contributed by atoms with Gasteiger partial charge in [-0.1, -0.05) is 38.0 Å². The third kappa shape index (κ3) is 7.83. The summed E-state index contributed by atoms with van der Waals surface area (Å²) in [6, 6.07) is 7.67. The van der Waals surface area contributed by atoms with Crippen LogP contribution in [0, 0.1) is 24.2 Å². The summed E-state index contributed by atoms with van der Waals surface area (Å²) in [4.78, 5) is 11.1. The Morgan fingerprint density at radius 2 is 2.04 bits per heavy atom. The van der Waals surface area contributed by atoms with E-state index < -0.39 is 6.10 Å². The minimum absolute atomic E-state index is 0.0638. The van der Waals surface area contributed by atoms with Crippen LogP contribution in [0.25, 0.3) is 0 Å². The van der Waals surface area contributed by atoms with E-state index in [0.717, 1.165) is 17.6 Å². The van der Waals surface area contributed by atoms with Crippen LogP contribution in [0.4, 0.5) is 0 Å². The molecular weight excluding hydrogens is 330 g/mol. The molecule has 2 N–H and O–H groups in total. The van der Waals surface area contributed by atoms with Crippen molar-refractivity contribution >= 4 is 6.29 Å². The number of terminal acetylenes is 1. The van der Waals surface area contributed by atoms with Gasteiger partial charge in [-0.15, -0.1) is 6.42 Å². The van der Waals surface area contributed by atoms with Crippen molar-refractivity contribution in [1.82, 2.24) is 5.32 Å². The molecule has 0 aliphatic heterocycles. The molecule has 142 valence electrons. The van der Waals surface area contributed by atoms with Crippen molar-refractivity contribution in [2.75, 3.05) is 26.8 Å². The van der Waals surface area contributed by atoms with E-state index in [2.05, 4.69) is 11.2 Å². The Hall–Kier alpha value is -2.13. The van der Waals surface area contributed by atoms with Crippen LogP contribution < -0.4 is 10.1 Å². The maximum Gasteiger partial charge on any atom is 0.147 e. The molecule has 3 atom stereocenters. The van der Waals surface area contributed by atoms with Crippen LogP contribution in [-0.4, -0.2) is 44.3 Å². The van der Waals surface area contributed by atoms with Crippen molar-refractivity contribution in [3.05, 3.63) is 41.5 Å². The summed E-state index contributed by atoms with van der Waals surface area (Å²) in [7, 11) is 1.63. The third-order valence-electron chi connectivity index (χ3n) is 4.11. The third-order valence-corrected chi connectivity index (χ3v) is 4.11. The number of ether oxygens (including phenoxy) is 2. The number of nitrogens with one attached hydrogen (secondary N) is 1. The second-order valence-electron chi connectivity index (χ2n) is 6.36. The van der Waals surface area contributed by atoms with Crippen LogP contribution in [0.1, 0.15) is 19.4 Å². The number of benzene rings is 1. The van der Waals surface area contributed by atoms with E-state index in [9.17, 15) is 9.90 Å². The number of hydrogen-bond donors (Lipinski definition) is 2. The Balaban J connectivity index is 2.45. The summed E-state index contributed by atoms with van der Waals surface area (Å²) in [6.45, 7) is 5.51. The fourth-order valence-electron chi connectivity index (χ4n) is 2.56. The van der Waals surface area contributed by atoms with Crippen molar-refractivity contribution in [3.8, 4) is 18.1 Å². The van der Waals surface area contributed by atoms with Gasteiger partial charge >= 0.3 is 0 Å². The van der Waals surface area contributed by atoms with Crippen molar-refractivity contribution in [3.63, 3.8) is 0 Å². The Bertz CT molecular complexity index is 603. The molecule has 0 radical (unpaired) electrons. The normalized spacial score (nSPS) is 15.0. The first kappa shape index (κ1) is 21.9. The van der Waals surface area contributed by atoms with E-state index in [-0.39, 0.29) is 11.8 Å². The number of aliphatic hydroxyl groups excluding tert-OH is 1. The van der Waals surface area contributed by atoms with Crippen LogP contribution in [0.15, 0.2) is 35.9 Å². The fourth-order valence-corrected chi connectivity index (χ4v) is 2.56. The highest BCUT2D eigenvalue weighted by Crippen LogP contribution is 2.17. The van der Waals surface area contributed by atoms with Gasteiger partial charge in [-0.2, -0.15) is 0 Å². The second-order valence-corrected chi connectivity index (χ2v) is 6.36. The molecule has 0 aromatic heterocycles. The maximum absolute atomic E-state index is 11.1. The molecule has 5 nitrogen and oxygen atoms in total. The smallest absolute Gasteiger partial charge is 0.147 e. The summed E-state index contributed by atoms with van der Waals surface area (Å²) >= 11 is 0. The van der Waals surface area contributed by atoms with Crippen LogP contribution in [0.2, 0.25) is 0 Å². The summed E-state index contributed by atoms with van der Waals surface area (Å²) in [5, 5.41) is 13.4. The van der Waals surface area contributed by atoms with Crippen molar-refractivity contribution in [2.24, 2.45) is 11.8 Å². The molecule has 0 unspecified atom stereocenters. The molecule has 0 aliphatic carbocycles. The molecule has 0 saturated carbocycles. The Morgan fingerprint density at radius 1 is 1.35 bits per heavy atom. The Morgan fingerprint density at radius 3 is 2.62 bits per heavy atom. The Kier molecular flexibility index (Phi) is 10.3. The molecule has 0 bridgehead atoms. The van der Waals surface area contributed by atoms with E-state index in [1.165, 1.54) is 0 Å². The number of hydrogen-bond acceptors (Lipinski definition) is 5. The maximum atomic E-state index is 11.1. The van der Waals surface area contributed by atoms with Gasteiger partial charge in [0, 0.05) is 24.0 Å². The van der Waals surface area contributed by atoms with Gasteiger partial charge in [0.25, 0.3) is 0 Å². The highest BCUT2D eigenvalue weighted by atomic mass is 16.5. The zero-order valence-corrected chi connectivity index (χ0v) is 15.8. The lowest BCUT2D eigenvalue weighted by Crippen LogP contribution is -2.29. The van der Waals surface area contributed by atoms with Gasteiger partial charge in [0.15, 0.2) is 0 Å². The van der Waals surface area contributed by atoms with Crippen LogP contribution in [-0.2, 0) is 16.1 Å². The van der Waals surface area contributed by atoms with E-state index in [1.807, 2.05) is 38.1 Å². The van der Waals surface area contributed by atoms with Gasteiger partial charge in [0.2, 0.25) is 0 Å². The van der Waals surface area contributed by atoms with E-state index in [4.69, 9.17) is 15.9 Å². The molecule has 0 amide bonds. The van der Waals surface area contributed by atoms with Gasteiger partial charge in [-0.25, -0.2) is 0 Å². The number of carbonyl (C=O) groups is 1. The first-order valence-electron chi connectivity index (χ1n) is 8.70. The molecular formula is C21H29NO4. The predicted octanol–water partition coefficient (Wildman–Crippen LogP) is 2.19. The first-order valence-corrected chi connectivity index (χ1v) is 8.70.